The highest BCUT2D eigenvalue weighted by Gasteiger charge is 2.17. The van der Waals surface area contributed by atoms with Crippen LogP contribution in [0, 0.1) is 0 Å². The number of anilines is 3. The van der Waals surface area contributed by atoms with E-state index in [0.717, 1.165) is 49.7 Å². The van der Waals surface area contributed by atoms with E-state index in [1.165, 1.54) is 11.3 Å². The van der Waals surface area contributed by atoms with Gasteiger partial charge in [0.05, 0.1) is 28.5 Å². The molecule has 35 heavy (non-hydrogen) atoms. The molecule has 1 aliphatic heterocycles. The second-order valence-electron chi connectivity index (χ2n) is 7.88. The molecule has 6 rings (SSSR count). The number of thiazole rings is 1. The molecule has 0 saturated carbocycles. The van der Waals surface area contributed by atoms with Crippen molar-refractivity contribution in [2.75, 3.05) is 16.4 Å². The zero-order chi connectivity index (χ0) is 23.8. The summed E-state index contributed by atoms with van der Waals surface area (Å²) < 4.78 is 1.85. The first-order valence-corrected chi connectivity index (χ1v) is 13.1. The van der Waals surface area contributed by atoms with Crippen LogP contribution in [0.15, 0.2) is 89.1 Å². The minimum atomic E-state index is 0.0185. The van der Waals surface area contributed by atoms with Crippen molar-refractivity contribution in [1.82, 2.24) is 14.8 Å². The van der Waals surface area contributed by atoms with E-state index in [1.807, 2.05) is 88.9 Å². The van der Waals surface area contributed by atoms with Crippen molar-refractivity contribution in [3.8, 4) is 28.2 Å². The molecule has 172 valence electrons. The van der Waals surface area contributed by atoms with Crippen molar-refractivity contribution in [2.24, 2.45) is 0 Å². The fourth-order valence-corrected chi connectivity index (χ4v) is 5.46. The third-order valence-electron chi connectivity index (χ3n) is 5.50. The normalized spacial score (nSPS) is 12.8. The maximum absolute atomic E-state index is 11.8. The first-order valence-electron chi connectivity index (χ1n) is 10.8. The van der Waals surface area contributed by atoms with E-state index in [1.54, 1.807) is 11.8 Å². The van der Waals surface area contributed by atoms with Crippen LogP contribution in [0.2, 0.25) is 5.02 Å². The van der Waals surface area contributed by atoms with Gasteiger partial charge < -0.3 is 10.6 Å². The molecule has 0 radical (unpaired) electrons. The molecule has 0 aliphatic carbocycles. The number of nitrogens with one attached hydrogen (secondary N) is 2. The number of thioether (sulfide) groups is 1. The van der Waals surface area contributed by atoms with Gasteiger partial charge in [0.2, 0.25) is 5.91 Å². The van der Waals surface area contributed by atoms with Crippen LogP contribution in [0.5, 0.6) is 0 Å². The second-order valence-corrected chi connectivity index (χ2v) is 10.2. The summed E-state index contributed by atoms with van der Waals surface area (Å²) in [4.78, 5) is 17.7. The average molecular weight is 516 g/mol. The molecule has 2 N–H and O–H groups in total. The van der Waals surface area contributed by atoms with Crippen LogP contribution >= 0.6 is 34.7 Å². The molecule has 0 fully saturated rings. The molecule has 1 amide bonds. The Kier molecular flexibility index (Phi) is 5.77. The Labute approximate surface area is 215 Å². The van der Waals surface area contributed by atoms with Crippen LogP contribution in [0.4, 0.5) is 16.6 Å². The van der Waals surface area contributed by atoms with Gasteiger partial charge in [-0.05, 0) is 36.4 Å². The first kappa shape index (κ1) is 21.9. The highest BCUT2D eigenvalue weighted by atomic mass is 35.5. The molecular weight excluding hydrogens is 498 g/mol. The van der Waals surface area contributed by atoms with E-state index < -0.39 is 0 Å². The summed E-state index contributed by atoms with van der Waals surface area (Å²) in [5.74, 6) is 1.26. The van der Waals surface area contributed by atoms with E-state index in [9.17, 15) is 4.79 Å². The molecular formula is C26H18ClN5OS2. The maximum atomic E-state index is 11.8. The van der Waals surface area contributed by atoms with Crippen molar-refractivity contribution in [1.29, 1.82) is 0 Å². The lowest BCUT2D eigenvalue weighted by Crippen LogP contribution is -2.18. The highest BCUT2D eigenvalue weighted by Crippen LogP contribution is 2.36. The number of aromatic nitrogens is 3. The summed E-state index contributed by atoms with van der Waals surface area (Å²) in [5, 5.41) is 14.6. The molecule has 0 bridgehead atoms. The van der Waals surface area contributed by atoms with Gasteiger partial charge in [-0.15, -0.1) is 23.1 Å². The standard InChI is InChI=1S/C26H18ClN5OS2/c27-18-7-9-19(10-8-18)32-24(13-20(31-32)16-4-2-1-3-5-16)30-26-29-22(14-35-26)17-6-11-23-21(12-17)28-25(33)15-34-23/h1-14H,15H2,(H,28,33)(H,29,30). The zero-order valence-corrected chi connectivity index (χ0v) is 20.6. The number of hydrogen-bond acceptors (Lipinski definition) is 6. The van der Waals surface area contributed by atoms with Gasteiger partial charge in [-0.25, -0.2) is 9.67 Å². The zero-order valence-electron chi connectivity index (χ0n) is 18.2. The predicted octanol–water partition coefficient (Wildman–Crippen LogP) is 7.10. The molecule has 2 aromatic heterocycles. The third kappa shape index (κ3) is 4.55. The molecule has 6 nitrogen and oxygen atoms in total. The quantitative estimate of drug-likeness (QED) is 0.261. The molecule has 5 aromatic rings. The minimum Gasteiger partial charge on any atom is -0.324 e. The molecule has 3 aromatic carbocycles. The maximum Gasteiger partial charge on any atom is 0.234 e. The Morgan fingerprint density at radius 3 is 2.60 bits per heavy atom. The second kappa shape index (κ2) is 9.22. The van der Waals surface area contributed by atoms with Gasteiger partial charge in [0.1, 0.15) is 5.82 Å². The summed E-state index contributed by atoms with van der Waals surface area (Å²) in [5.41, 5.74) is 5.39. The summed E-state index contributed by atoms with van der Waals surface area (Å²) in [6.45, 7) is 0. The number of benzene rings is 3. The fourth-order valence-electron chi connectivity index (χ4n) is 3.81. The number of rotatable bonds is 5. The summed E-state index contributed by atoms with van der Waals surface area (Å²) in [6.07, 6.45) is 0. The van der Waals surface area contributed by atoms with Gasteiger partial charge in [0.15, 0.2) is 5.13 Å². The number of nitrogens with zero attached hydrogens (tertiary/aromatic N) is 3. The van der Waals surface area contributed by atoms with Crippen molar-refractivity contribution >= 4 is 57.2 Å². The van der Waals surface area contributed by atoms with Gasteiger partial charge in [-0.1, -0.05) is 48.0 Å². The number of halogens is 1. The van der Waals surface area contributed by atoms with Crippen LogP contribution < -0.4 is 10.6 Å². The molecule has 3 heterocycles. The Morgan fingerprint density at radius 1 is 0.943 bits per heavy atom. The summed E-state index contributed by atoms with van der Waals surface area (Å²) in [7, 11) is 0. The molecule has 1 aliphatic rings. The van der Waals surface area contributed by atoms with Crippen LogP contribution in [0.1, 0.15) is 0 Å². The van der Waals surface area contributed by atoms with Crippen molar-refractivity contribution in [2.45, 2.75) is 4.90 Å². The monoisotopic (exact) mass is 515 g/mol. The van der Waals surface area contributed by atoms with Crippen molar-refractivity contribution in [3.63, 3.8) is 0 Å². The van der Waals surface area contributed by atoms with Crippen molar-refractivity contribution in [3.05, 3.63) is 89.3 Å². The van der Waals surface area contributed by atoms with E-state index in [0.29, 0.717) is 10.8 Å². The van der Waals surface area contributed by atoms with Crippen LogP contribution in [0.25, 0.3) is 28.2 Å². The summed E-state index contributed by atoms with van der Waals surface area (Å²) >= 11 is 9.16. The van der Waals surface area contributed by atoms with E-state index in [4.69, 9.17) is 21.7 Å². The Morgan fingerprint density at radius 2 is 1.77 bits per heavy atom. The lowest BCUT2D eigenvalue weighted by Gasteiger charge is -2.16. The Bertz CT molecular complexity index is 1530. The molecule has 0 spiro atoms. The summed E-state index contributed by atoms with van der Waals surface area (Å²) in [6, 6.07) is 25.7. The molecule has 0 atom stereocenters. The third-order valence-corrected chi connectivity index (χ3v) is 7.58. The predicted molar refractivity (Wildman–Crippen MR) is 144 cm³/mol. The van der Waals surface area contributed by atoms with Gasteiger partial charge in [0, 0.05) is 32.5 Å². The van der Waals surface area contributed by atoms with Crippen LogP contribution in [-0.2, 0) is 4.79 Å². The first-order chi connectivity index (χ1) is 17.1. The van der Waals surface area contributed by atoms with Crippen LogP contribution in [-0.4, -0.2) is 26.4 Å². The average Bonchev–Trinajstić information content (AvgIpc) is 3.52. The smallest absolute Gasteiger partial charge is 0.234 e. The Hall–Kier alpha value is -3.59. The number of carbonyl (C=O) groups is 1. The lowest BCUT2D eigenvalue weighted by molar-refractivity contribution is -0.113. The SMILES string of the molecule is O=C1CSc2ccc(-c3csc(Nc4cc(-c5ccccc5)nn4-c4ccc(Cl)cc4)n3)cc2N1. The Balaban J connectivity index is 1.33. The van der Waals surface area contributed by atoms with E-state index in [2.05, 4.69) is 10.6 Å². The van der Waals surface area contributed by atoms with Crippen molar-refractivity contribution < 1.29 is 4.79 Å². The fraction of sp³-hybridized carbons (Fsp3) is 0.0385. The highest BCUT2D eigenvalue weighted by molar-refractivity contribution is 8.00. The topological polar surface area (TPSA) is 71.8 Å². The van der Waals surface area contributed by atoms with Gasteiger partial charge >= 0.3 is 0 Å². The van der Waals surface area contributed by atoms with Gasteiger partial charge in [0.25, 0.3) is 0 Å². The van der Waals surface area contributed by atoms with E-state index in [-0.39, 0.29) is 5.91 Å². The minimum absolute atomic E-state index is 0.0185. The molecule has 9 heteroatoms. The lowest BCUT2D eigenvalue weighted by atomic mass is 10.1. The number of carbonyl (C=O) groups excluding carboxylic acids is 1. The van der Waals surface area contributed by atoms with Gasteiger partial charge in [-0.2, -0.15) is 5.10 Å². The molecule has 0 saturated heterocycles. The number of fused-ring (bicyclic) bond motifs is 1. The largest absolute Gasteiger partial charge is 0.324 e. The van der Waals surface area contributed by atoms with Crippen LogP contribution in [0.3, 0.4) is 0 Å². The van der Waals surface area contributed by atoms with E-state index >= 15 is 0 Å². The number of hydrogen-bond donors (Lipinski definition) is 2. The number of amides is 1. The van der Waals surface area contributed by atoms with Gasteiger partial charge in [-0.3, -0.25) is 4.79 Å². The molecule has 0 unspecified atom stereocenters.